The first-order chi connectivity index (χ1) is 16.8. The number of fused-ring (bicyclic) bond motifs is 2. The van der Waals surface area contributed by atoms with Gasteiger partial charge in [0, 0.05) is 61.8 Å². The van der Waals surface area contributed by atoms with Crippen LogP contribution in [0.1, 0.15) is 26.3 Å². The van der Waals surface area contributed by atoms with E-state index in [0.717, 1.165) is 34.3 Å². The maximum absolute atomic E-state index is 13.2. The maximum atomic E-state index is 13.2. The lowest BCUT2D eigenvalue weighted by Crippen LogP contribution is -2.50. The van der Waals surface area contributed by atoms with E-state index in [4.69, 9.17) is 4.74 Å². The number of benzene rings is 1. The van der Waals surface area contributed by atoms with E-state index in [0.29, 0.717) is 38.5 Å². The Hall–Kier alpha value is -3.88. The Morgan fingerprint density at radius 3 is 2.46 bits per heavy atom. The predicted molar refractivity (Wildman–Crippen MR) is 136 cm³/mol. The molecule has 4 heterocycles. The molecule has 1 saturated heterocycles. The summed E-state index contributed by atoms with van der Waals surface area (Å²) in [6, 6.07) is 11.3. The van der Waals surface area contributed by atoms with Crippen molar-refractivity contribution in [3.8, 4) is 0 Å². The molecule has 0 atom stereocenters. The molecule has 3 amide bonds. The highest BCUT2D eigenvalue weighted by Gasteiger charge is 2.32. The lowest BCUT2D eigenvalue weighted by atomic mass is 10.1. The number of piperazine rings is 1. The third kappa shape index (κ3) is 4.71. The molecule has 35 heavy (non-hydrogen) atoms. The Morgan fingerprint density at radius 2 is 1.69 bits per heavy atom. The number of aromatic nitrogens is 2. The molecule has 9 heteroatoms. The largest absolute Gasteiger partial charge is 0.444 e. The van der Waals surface area contributed by atoms with Gasteiger partial charge in [-0.3, -0.25) is 9.88 Å². The first-order valence-corrected chi connectivity index (χ1v) is 11.9. The minimum Gasteiger partial charge on any atom is -0.444 e. The molecule has 0 unspecified atom stereocenters. The van der Waals surface area contributed by atoms with Gasteiger partial charge in [-0.25, -0.2) is 14.6 Å². The molecule has 1 aromatic carbocycles. The van der Waals surface area contributed by atoms with Gasteiger partial charge < -0.3 is 19.9 Å². The average Bonchev–Trinajstić information content (AvgIpc) is 3.28. The maximum Gasteiger partial charge on any atom is 0.410 e. The van der Waals surface area contributed by atoms with Crippen LogP contribution < -0.4 is 15.1 Å². The van der Waals surface area contributed by atoms with Gasteiger partial charge in [0.05, 0.1) is 11.2 Å². The van der Waals surface area contributed by atoms with Crippen molar-refractivity contribution in [1.82, 2.24) is 14.9 Å². The van der Waals surface area contributed by atoms with Gasteiger partial charge >= 0.3 is 12.1 Å². The highest BCUT2D eigenvalue weighted by Crippen LogP contribution is 2.35. The molecular weight excluding hydrogens is 444 g/mol. The average molecular weight is 475 g/mol. The molecule has 2 aliphatic rings. The van der Waals surface area contributed by atoms with Crippen LogP contribution in [0.4, 0.5) is 26.8 Å². The highest BCUT2D eigenvalue weighted by molar-refractivity contribution is 6.07. The van der Waals surface area contributed by atoms with Gasteiger partial charge in [-0.15, -0.1) is 0 Å². The summed E-state index contributed by atoms with van der Waals surface area (Å²) in [5.41, 5.74) is 3.19. The van der Waals surface area contributed by atoms with E-state index < -0.39 is 5.60 Å². The van der Waals surface area contributed by atoms with Gasteiger partial charge in [0.15, 0.2) is 0 Å². The van der Waals surface area contributed by atoms with Crippen molar-refractivity contribution in [1.29, 1.82) is 0 Å². The fourth-order valence-electron chi connectivity index (χ4n) is 4.61. The number of carbonyl (C=O) groups is 2. The monoisotopic (exact) mass is 474 g/mol. The number of anilines is 3. The number of para-hydroxylation sites is 1. The summed E-state index contributed by atoms with van der Waals surface area (Å²) in [6.07, 6.45) is 3.91. The molecule has 0 bridgehead atoms. The van der Waals surface area contributed by atoms with Crippen LogP contribution in [-0.2, 0) is 11.2 Å². The van der Waals surface area contributed by atoms with E-state index in [2.05, 4.69) is 20.2 Å². The van der Waals surface area contributed by atoms with Crippen LogP contribution in [0.25, 0.3) is 10.9 Å². The summed E-state index contributed by atoms with van der Waals surface area (Å²) in [7, 11) is 0. The standard InChI is InChI=1S/C26H30N6O3/c1-26(2,3)35-25(34)31-16-14-30(15-17-31)22-9-12-28-23-19(22)10-13-32(23)24(33)29-21-8-11-27-20-7-5-4-6-18(20)21/h4-9,11-12H,10,13-17H2,1-3H3,(H,27,29,33). The number of urea groups is 1. The molecule has 0 aliphatic carbocycles. The van der Waals surface area contributed by atoms with Gasteiger partial charge in [-0.2, -0.15) is 0 Å². The SMILES string of the molecule is CC(C)(C)OC(=O)N1CCN(c2ccnc3c2CCN3C(=O)Nc2ccnc3ccccc23)CC1. The minimum atomic E-state index is -0.507. The van der Waals surface area contributed by atoms with E-state index in [1.54, 1.807) is 22.2 Å². The topological polar surface area (TPSA) is 90.9 Å². The molecule has 2 aromatic heterocycles. The van der Waals surface area contributed by atoms with Crippen LogP contribution in [-0.4, -0.2) is 65.3 Å². The molecule has 1 fully saturated rings. The zero-order chi connectivity index (χ0) is 24.6. The number of carbonyl (C=O) groups excluding carboxylic acids is 2. The van der Waals surface area contributed by atoms with Crippen molar-refractivity contribution in [2.75, 3.05) is 47.8 Å². The van der Waals surface area contributed by atoms with Gasteiger partial charge in [0.1, 0.15) is 11.4 Å². The minimum absolute atomic E-state index is 0.209. The summed E-state index contributed by atoms with van der Waals surface area (Å²) in [5.74, 6) is 0.688. The van der Waals surface area contributed by atoms with Crippen LogP contribution in [0.5, 0.6) is 0 Å². The van der Waals surface area contributed by atoms with E-state index in [-0.39, 0.29) is 12.1 Å². The quantitative estimate of drug-likeness (QED) is 0.596. The lowest BCUT2D eigenvalue weighted by Gasteiger charge is -2.37. The molecule has 1 N–H and O–H groups in total. The van der Waals surface area contributed by atoms with E-state index >= 15 is 0 Å². The first kappa shape index (κ1) is 22.9. The first-order valence-electron chi connectivity index (χ1n) is 11.9. The van der Waals surface area contributed by atoms with Crippen LogP contribution in [0.3, 0.4) is 0 Å². The smallest absolute Gasteiger partial charge is 0.410 e. The summed E-state index contributed by atoms with van der Waals surface area (Å²) in [4.78, 5) is 40.3. The van der Waals surface area contributed by atoms with Crippen LogP contribution >= 0.6 is 0 Å². The summed E-state index contributed by atoms with van der Waals surface area (Å²) in [5, 5.41) is 3.93. The molecule has 9 nitrogen and oxygen atoms in total. The molecule has 182 valence electrons. The zero-order valence-electron chi connectivity index (χ0n) is 20.3. The number of ether oxygens (including phenoxy) is 1. The number of rotatable bonds is 2. The second-order valence-electron chi connectivity index (χ2n) is 9.79. The normalized spacial score (nSPS) is 15.8. The molecule has 0 saturated carbocycles. The fourth-order valence-corrected chi connectivity index (χ4v) is 4.61. The van der Waals surface area contributed by atoms with E-state index in [1.807, 2.05) is 57.2 Å². The molecule has 3 aromatic rings. The summed E-state index contributed by atoms with van der Waals surface area (Å²) < 4.78 is 5.51. The Bertz CT molecular complexity index is 1260. The van der Waals surface area contributed by atoms with Crippen molar-refractivity contribution < 1.29 is 14.3 Å². The van der Waals surface area contributed by atoms with Gasteiger partial charge in [-0.1, -0.05) is 18.2 Å². The molecule has 0 spiro atoms. The van der Waals surface area contributed by atoms with Crippen molar-refractivity contribution in [3.63, 3.8) is 0 Å². The van der Waals surface area contributed by atoms with Crippen LogP contribution in [0.15, 0.2) is 48.8 Å². The van der Waals surface area contributed by atoms with Gasteiger partial charge in [0.25, 0.3) is 0 Å². The van der Waals surface area contributed by atoms with E-state index in [1.165, 1.54) is 0 Å². The number of amides is 3. The second-order valence-corrected chi connectivity index (χ2v) is 9.79. The van der Waals surface area contributed by atoms with Crippen molar-refractivity contribution in [3.05, 3.63) is 54.4 Å². The van der Waals surface area contributed by atoms with E-state index in [9.17, 15) is 9.59 Å². The third-order valence-corrected chi connectivity index (χ3v) is 6.26. The van der Waals surface area contributed by atoms with Crippen molar-refractivity contribution >= 4 is 40.2 Å². The number of pyridine rings is 2. The number of nitrogens with one attached hydrogen (secondary N) is 1. The van der Waals surface area contributed by atoms with Crippen molar-refractivity contribution in [2.24, 2.45) is 0 Å². The molecule has 0 radical (unpaired) electrons. The Balaban J connectivity index is 1.29. The number of nitrogens with zero attached hydrogens (tertiary/aromatic N) is 5. The highest BCUT2D eigenvalue weighted by atomic mass is 16.6. The second kappa shape index (κ2) is 9.05. The molecule has 5 rings (SSSR count). The van der Waals surface area contributed by atoms with Crippen LogP contribution in [0.2, 0.25) is 0 Å². The van der Waals surface area contributed by atoms with Gasteiger partial charge in [0.2, 0.25) is 0 Å². The van der Waals surface area contributed by atoms with Crippen LogP contribution in [0, 0.1) is 0 Å². The Kier molecular flexibility index (Phi) is 5.92. The lowest BCUT2D eigenvalue weighted by molar-refractivity contribution is 0.0240. The van der Waals surface area contributed by atoms with Gasteiger partial charge in [-0.05, 0) is 45.4 Å². The third-order valence-electron chi connectivity index (χ3n) is 6.26. The predicted octanol–water partition coefficient (Wildman–Crippen LogP) is 4.28. The zero-order valence-corrected chi connectivity index (χ0v) is 20.3. The molecule has 2 aliphatic heterocycles. The molecular formula is C26H30N6O3. The number of hydrogen-bond acceptors (Lipinski definition) is 6. The summed E-state index contributed by atoms with van der Waals surface area (Å²) in [6.45, 7) is 8.76. The summed E-state index contributed by atoms with van der Waals surface area (Å²) >= 11 is 0. The Labute approximate surface area is 204 Å². The number of hydrogen-bond donors (Lipinski definition) is 1. The van der Waals surface area contributed by atoms with Crippen molar-refractivity contribution in [2.45, 2.75) is 32.8 Å². The fraction of sp³-hybridized carbons (Fsp3) is 0.385. The Morgan fingerprint density at radius 1 is 0.943 bits per heavy atom.